The van der Waals surface area contributed by atoms with E-state index in [4.69, 9.17) is 9.97 Å². The molecule has 57 heavy (non-hydrogen) atoms. The lowest BCUT2D eigenvalue weighted by Crippen LogP contribution is -2.14. The molecule has 0 spiro atoms. The van der Waals surface area contributed by atoms with Crippen LogP contribution in [0.4, 0.5) is 0 Å². The van der Waals surface area contributed by atoms with Crippen LogP contribution in [0.2, 0.25) is 0 Å². The van der Waals surface area contributed by atoms with Crippen LogP contribution < -0.4 is 0 Å². The van der Waals surface area contributed by atoms with Gasteiger partial charge < -0.3 is 4.57 Å². The van der Waals surface area contributed by atoms with Gasteiger partial charge in [-0.25, -0.2) is 9.97 Å². The van der Waals surface area contributed by atoms with Gasteiger partial charge in [-0.1, -0.05) is 172 Å². The molecular weight excluding hydrogens is 691 g/mol. The third-order valence-corrected chi connectivity index (χ3v) is 12.1. The van der Waals surface area contributed by atoms with Gasteiger partial charge in [-0.15, -0.1) is 0 Å². The Bertz CT molecular complexity index is 3110. The number of rotatable bonds is 5. The minimum atomic E-state index is -0.109. The number of hydrogen-bond acceptors (Lipinski definition) is 2. The van der Waals surface area contributed by atoms with E-state index in [1.54, 1.807) is 0 Å². The van der Waals surface area contributed by atoms with Gasteiger partial charge in [0, 0.05) is 50.6 Å². The predicted molar refractivity (Wildman–Crippen MR) is 238 cm³/mol. The van der Waals surface area contributed by atoms with Crippen molar-refractivity contribution in [3.63, 3.8) is 0 Å². The first-order valence-corrected chi connectivity index (χ1v) is 19.8. The number of allylic oxidation sites excluding steroid dienone is 3. The zero-order valence-electron chi connectivity index (χ0n) is 31.9. The number of aromatic nitrogens is 3. The van der Waals surface area contributed by atoms with E-state index >= 15 is 0 Å². The van der Waals surface area contributed by atoms with E-state index in [1.807, 2.05) is 6.07 Å². The summed E-state index contributed by atoms with van der Waals surface area (Å²) >= 11 is 0. The Morgan fingerprint density at radius 2 is 1.18 bits per heavy atom. The van der Waals surface area contributed by atoms with Gasteiger partial charge in [0.25, 0.3) is 0 Å². The third-order valence-electron chi connectivity index (χ3n) is 12.1. The van der Waals surface area contributed by atoms with E-state index in [1.165, 1.54) is 60.9 Å². The zero-order valence-corrected chi connectivity index (χ0v) is 31.9. The quantitative estimate of drug-likeness (QED) is 0.177. The maximum Gasteiger partial charge on any atom is 0.160 e. The van der Waals surface area contributed by atoms with Gasteiger partial charge in [-0.05, 0) is 69.1 Å². The summed E-state index contributed by atoms with van der Waals surface area (Å²) < 4.78 is 2.48. The number of nitrogens with zero attached hydrogens (tertiary/aromatic N) is 3. The number of fused-ring (bicyclic) bond motifs is 7. The fraction of sp³-hybridized carbons (Fsp3) is 0.0741. The Morgan fingerprint density at radius 1 is 0.491 bits per heavy atom. The highest BCUT2D eigenvalue weighted by molar-refractivity contribution is 6.04. The molecule has 0 atom stereocenters. The lowest BCUT2D eigenvalue weighted by atomic mass is 9.82. The van der Waals surface area contributed by atoms with Crippen molar-refractivity contribution in [2.24, 2.45) is 0 Å². The third kappa shape index (κ3) is 5.34. The summed E-state index contributed by atoms with van der Waals surface area (Å²) in [6.07, 6.45) is 9.71. The van der Waals surface area contributed by atoms with Crippen LogP contribution in [0.1, 0.15) is 36.2 Å². The highest BCUT2D eigenvalue weighted by atomic mass is 15.0. The molecule has 0 unspecified atom stereocenters. The van der Waals surface area contributed by atoms with E-state index in [2.05, 4.69) is 200 Å². The average molecular weight is 730 g/mol. The Labute approximate surface area is 333 Å². The standard InChI is InChI=1S/C54H39N3/c1-54(2)46-24-15-14-21-40(46)41-28-26-38(33-47(41)54)48-34-49(56-53(55-48)36-18-8-4-9-19-36)42-29-31-51(43-23-13-12-20-39(42)43)57-50-25-11-5-10-22-44(50)45-32-37(27-30-52(45)57)35-16-6-3-7-17-35/h3-24,26-34H,25H2,1-2H3. The Hall–Kier alpha value is -7.10. The van der Waals surface area contributed by atoms with Crippen LogP contribution in [0.25, 0.3) is 89.6 Å². The van der Waals surface area contributed by atoms with Crippen molar-refractivity contribution >= 4 is 27.8 Å². The number of hydrogen-bond donors (Lipinski definition) is 0. The molecule has 0 saturated carbocycles. The lowest BCUT2D eigenvalue weighted by Gasteiger charge is -2.22. The Balaban J connectivity index is 1.10. The molecule has 0 fully saturated rings. The molecule has 2 aliphatic rings. The minimum Gasteiger partial charge on any atom is -0.312 e. The molecule has 0 amide bonds. The summed E-state index contributed by atoms with van der Waals surface area (Å²) in [5.41, 5.74) is 17.6. The summed E-state index contributed by atoms with van der Waals surface area (Å²) in [4.78, 5) is 10.6. The molecule has 9 aromatic rings. The fourth-order valence-electron chi connectivity index (χ4n) is 9.27. The summed E-state index contributed by atoms with van der Waals surface area (Å²) in [5, 5.41) is 3.59. The van der Waals surface area contributed by atoms with Crippen molar-refractivity contribution in [2.45, 2.75) is 25.7 Å². The van der Waals surface area contributed by atoms with Crippen molar-refractivity contribution in [1.29, 1.82) is 0 Å². The molecule has 0 aliphatic heterocycles. The molecular formula is C54H39N3. The maximum absolute atomic E-state index is 5.31. The monoisotopic (exact) mass is 729 g/mol. The van der Waals surface area contributed by atoms with Gasteiger partial charge in [0.05, 0.1) is 22.6 Å². The van der Waals surface area contributed by atoms with Crippen LogP contribution in [-0.4, -0.2) is 14.5 Å². The summed E-state index contributed by atoms with van der Waals surface area (Å²) in [7, 11) is 0. The summed E-state index contributed by atoms with van der Waals surface area (Å²) in [6.45, 7) is 4.66. The van der Waals surface area contributed by atoms with Gasteiger partial charge in [-0.2, -0.15) is 0 Å². The summed E-state index contributed by atoms with van der Waals surface area (Å²) in [6, 6.07) is 59.1. The second-order valence-electron chi connectivity index (χ2n) is 15.7. The average Bonchev–Trinajstić information content (AvgIpc) is 3.54. The van der Waals surface area contributed by atoms with Gasteiger partial charge in [0.15, 0.2) is 5.82 Å². The largest absolute Gasteiger partial charge is 0.312 e. The first kappa shape index (κ1) is 33.3. The van der Waals surface area contributed by atoms with Gasteiger partial charge in [0.1, 0.15) is 0 Å². The van der Waals surface area contributed by atoms with Crippen LogP contribution in [0.5, 0.6) is 0 Å². The SMILES string of the molecule is CC1(C)c2ccccc2-c2ccc(-c3cc(-c4ccc(-n5c6c(c7cc(-c8ccccc8)ccc75)C=CC=CC6)c5ccccc45)nc(-c4ccccc4)n3)cc21. The lowest BCUT2D eigenvalue weighted by molar-refractivity contribution is 0.660. The van der Waals surface area contributed by atoms with Crippen molar-refractivity contribution in [3.8, 4) is 61.8 Å². The topological polar surface area (TPSA) is 30.7 Å². The van der Waals surface area contributed by atoms with Gasteiger partial charge >= 0.3 is 0 Å². The maximum atomic E-state index is 5.31. The minimum absolute atomic E-state index is 0.109. The Morgan fingerprint density at radius 3 is 2.02 bits per heavy atom. The van der Waals surface area contributed by atoms with Gasteiger partial charge in [0.2, 0.25) is 0 Å². The van der Waals surface area contributed by atoms with E-state index in [-0.39, 0.29) is 5.41 Å². The molecule has 2 heterocycles. The van der Waals surface area contributed by atoms with Crippen LogP contribution in [0.3, 0.4) is 0 Å². The predicted octanol–water partition coefficient (Wildman–Crippen LogP) is 13.7. The molecule has 0 saturated heterocycles. The first-order valence-electron chi connectivity index (χ1n) is 19.8. The highest BCUT2D eigenvalue weighted by Gasteiger charge is 2.35. The second-order valence-corrected chi connectivity index (χ2v) is 15.7. The van der Waals surface area contributed by atoms with Crippen molar-refractivity contribution in [1.82, 2.24) is 14.5 Å². The molecule has 2 aromatic heterocycles. The fourth-order valence-corrected chi connectivity index (χ4v) is 9.27. The van der Waals surface area contributed by atoms with Crippen molar-refractivity contribution in [3.05, 3.63) is 204 Å². The van der Waals surface area contributed by atoms with Crippen LogP contribution in [0.15, 0.2) is 182 Å². The normalized spacial score (nSPS) is 13.7. The molecule has 7 aromatic carbocycles. The van der Waals surface area contributed by atoms with E-state index < -0.39 is 0 Å². The molecule has 0 radical (unpaired) electrons. The second kappa shape index (κ2) is 13.0. The molecule has 2 aliphatic carbocycles. The van der Waals surface area contributed by atoms with Crippen LogP contribution in [-0.2, 0) is 11.8 Å². The molecule has 3 nitrogen and oxygen atoms in total. The number of benzene rings is 7. The van der Waals surface area contributed by atoms with Gasteiger partial charge in [-0.3, -0.25) is 0 Å². The molecule has 3 heteroatoms. The van der Waals surface area contributed by atoms with E-state index in [0.717, 1.165) is 45.6 Å². The van der Waals surface area contributed by atoms with Crippen molar-refractivity contribution in [2.75, 3.05) is 0 Å². The molecule has 0 N–H and O–H groups in total. The van der Waals surface area contributed by atoms with Crippen LogP contribution >= 0.6 is 0 Å². The van der Waals surface area contributed by atoms with E-state index in [0.29, 0.717) is 5.82 Å². The smallest absolute Gasteiger partial charge is 0.160 e. The molecule has 11 rings (SSSR count). The molecule has 0 bridgehead atoms. The van der Waals surface area contributed by atoms with Crippen LogP contribution in [0, 0.1) is 0 Å². The summed E-state index contributed by atoms with van der Waals surface area (Å²) in [5.74, 6) is 0.717. The first-order chi connectivity index (χ1) is 28.0. The molecule has 270 valence electrons. The van der Waals surface area contributed by atoms with E-state index in [9.17, 15) is 0 Å². The van der Waals surface area contributed by atoms with Crippen molar-refractivity contribution < 1.29 is 0 Å². The Kier molecular flexibility index (Phi) is 7.58. The highest BCUT2D eigenvalue weighted by Crippen LogP contribution is 2.49. The zero-order chi connectivity index (χ0) is 38.1.